The number of hydrogen-bond donors (Lipinski definition) is 1. The molecular weight excluding hydrogens is 468 g/mol. The standard InChI is InChI=1S/C33H46N4O/c1-25-13-15-37(16-14-25)33-21-28(26-9-5-3-6-10-26)32(29(22-33)27-11-7-4-8-12-27)30(23-33)34-31(38)24-36-19-17-35(2)18-20-36/h3-12,25,28-30,32H,13-24H2,1-2H3,(H,34,38)/t28-,29-,30-,32?,33?/m1/s1. The van der Waals surface area contributed by atoms with Gasteiger partial charge in [-0.05, 0) is 87.0 Å². The second kappa shape index (κ2) is 11.1. The van der Waals surface area contributed by atoms with Crippen molar-refractivity contribution in [2.75, 3.05) is 52.9 Å². The Morgan fingerprint density at radius 3 is 1.92 bits per heavy atom. The SMILES string of the molecule is CC1CCN(C23C[C@H](c4ccccc4)C([C@@H](c4ccccc4)C2)[C@H](NC(=O)CN2CCN(C)CC2)C3)CC1. The van der Waals surface area contributed by atoms with Crippen molar-refractivity contribution in [3.63, 3.8) is 0 Å². The number of rotatable bonds is 6. The average Bonchev–Trinajstić information content (AvgIpc) is 2.95. The van der Waals surface area contributed by atoms with Crippen LogP contribution in [-0.2, 0) is 4.79 Å². The summed E-state index contributed by atoms with van der Waals surface area (Å²) in [5.41, 5.74) is 3.04. The number of nitrogens with one attached hydrogen (secondary N) is 1. The lowest BCUT2D eigenvalue weighted by Crippen LogP contribution is -2.67. The van der Waals surface area contributed by atoms with E-state index in [1.807, 2.05) is 0 Å². The van der Waals surface area contributed by atoms with Gasteiger partial charge in [0.15, 0.2) is 0 Å². The van der Waals surface area contributed by atoms with Crippen molar-refractivity contribution in [2.45, 2.75) is 62.4 Å². The molecule has 1 N–H and O–H groups in total. The van der Waals surface area contributed by atoms with Gasteiger partial charge in [-0.15, -0.1) is 0 Å². The predicted molar refractivity (Wildman–Crippen MR) is 154 cm³/mol. The van der Waals surface area contributed by atoms with E-state index in [-0.39, 0.29) is 17.5 Å². The summed E-state index contributed by atoms with van der Waals surface area (Å²) in [6, 6.07) is 22.6. The van der Waals surface area contributed by atoms with E-state index in [0.29, 0.717) is 24.3 Å². The quantitative estimate of drug-likeness (QED) is 0.613. The van der Waals surface area contributed by atoms with Gasteiger partial charge in [0.1, 0.15) is 0 Å². The summed E-state index contributed by atoms with van der Waals surface area (Å²) in [4.78, 5) is 21.1. The van der Waals surface area contributed by atoms with Crippen LogP contribution in [0.4, 0.5) is 0 Å². The van der Waals surface area contributed by atoms with Gasteiger partial charge in [0.05, 0.1) is 6.54 Å². The zero-order valence-corrected chi connectivity index (χ0v) is 23.4. The van der Waals surface area contributed by atoms with Gasteiger partial charge >= 0.3 is 0 Å². The van der Waals surface area contributed by atoms with Crippen LogP contribution in [0.15, 0.2) is 60.7 Å². The molecule has 3 saturated carbocycles. The highest BCUT2D eigenvalue weighted by molar-refractivity contribution is 5.78. The first-order chi connectivity index (χ1) is 18.5. The Kier molecular flexibility index (Phi) is 7.61. The number of carbonyl (C=O) groups is 1. The average molecular weight is 515 g/mol. The maximum atomic E-state index is 13.6. The minimum absolute atomic E-state index is 0.141. The molecule has 0 radical (unpaired) electrons. The molecule has 7 rings (SSSR count). The predicted octanol–water partition coefficient (Wildman–Crippen LogP) is 4.57. The zero-order valence-electron chi connectivity index (χ0n) is 23.4. The Labute approximate surface area is 229 Å². The van der Waals surface area contributed by atoms with E-state index in [2.05, 4.69) is 94.7 Å². The first kappa shape index (κ1) is 26.0. The van der Waals surface area contributed by atoms with Gasteiger partial charge in [0, 0.05) is 37.8 Å². The highest BCUT2D eigenvalue weighted by Gasteiger charge is 2.58. The molecule has 0 spiro atoms. The summed E-state index contributed by atoms with van der Waals surface area (Å²) in [6.45, 7) is 9.36. The Balaban J connectivity index is 1.33. The minimum Gasteiger partial charge on any atom is -0.352 e. The van der Waals surface area contributed by atoms with Crippen LogP contribution in [0.1, 0.15) is 62.0 Å². The second-order valence-corrected chi connectivity index (χ2v) is 12.9. The molecule has 1 amide bonds. The van der Waals surface area contributed by atoms with Crippen molar-refractivity contribution in [1.82, 2.24) is 20.0 Å². The molecule has 2 aromatic carbocycles. The van der Waals surface area contributed by atoms with Crippen LogP contribution in [0.5, 0.6) is 0 Å². The van der Waals surface area contributed by atoms with Crippen LogP contribution in [0.25, 0.3) is 0 Å². The largest absolute Gasteiger partial charge is 0.352 e. The third-order valence-corrected chi connectivity index (χ3v) is 10.4. The highest BCUT2D eigenvalue weighted by atomic mass is 16.2. The maximum Gasteiger partial charge on any atom is 0.234 e. The highest BCUT2D eigenvalue weighted by Crippen LogP contribution is 2.60. The molecule has 5 nitrogen and oxygen atoms in total. The van der Waals surface area contributed by atoms with Crippen molar-refractivity contribution in [3.8, 4) is 0 Å². The molecule has 2 bridgehead atoms. The lowest BCUT2D eigenvalue weighted by Gasteiger charge is -2.63. The maximum absolute atomic E-state index is 13.6. The van der Waals surface area contributed by atoms with Crippen molar-refractivity contribution in [3.05, 3.63) is 71.8 Å². The molecule has 0 aromatic heterocycles. The summed E-state index contributed by atoms with van der Waals surface area (Å²) in [6.07, 6.45) is 6.09. The molecule has 38 heavy (non-hydrogen) atoms. The lowest BCUT2D eigenvalue weighted by atomic mass is 9.50. The smallest absolute Gasteiger partial charge is 0.234 e. The number of nitrogens with zero attached hydrogens (tertiary/aromatic N) is 3. The molecule has 0 unspecified atom stereocenters. The van der Waals surface area contributed by atoms with Crippen LogP contribution in [0.3, 0.4) is 0 Å². The number of amides is 1. The van der Waals surface area contributed by atoms with Crippen LogP contribution >= 0.6 is 0 Å². The number of likely N-dealkylation sites (tertiary alicyclic amines) is 1. The number of benzene rings is 2. The fraction of sp³-hybridized carbons (Fsp3) is 0.606. The molecule has 2 saturated heterocycles. The first-order valence-corrected chi connectivity index (χ1v) is 15.1. The van der Waals surface area contributed by atoms with E-state index >= 15 is 0 Å². The number of fused-ring (bicyclic) bond motifs is 3. The van der Waals surface area contributed by atoms with Crippen LogP contribution in [0, 0.1) is 11.8 Å². The third-order valence-electron chi connectivity index (χ3n) is 10.4. The Morgan fingerprint density at radius 2 is 1.37 bits per heavy atom. The van der Waals surface area contributed by atoms with Crippen molar-refractivity contribution in [1.29, 1.82) is 0 Å². The molecule has 2 heterocycles. The van der Waals surface area contributed by atoms with Gasteiger partial charge in [0.25, 0.3) is 0 Å². The third kappa shape index (κ3) is 5.30. The fourth-order valence-electron chi connectivity index (χ4n) is 8.29. The first-order valence-electron chi connectivity index (χ1n) is 15.1. The van der Waals surface area contributed by atoms with Crippen LogP contribution < -0.4 is 5.32 Å². The summed E-state index contributed by atoms with van der Waals surface area (Å²) in [5, 5.41) is 3.66. The van der Waals surface area contributed by atoms with Crippen molar-refractivity contribution >= 4 is 5.91 Å². The molecule has 3 aliphatic carbocycles. The summed E-state index contributed by atoms with van der Waals surface area (Å²) in [5.74, 6) is 2.36. The van der Waals surface area contributed by atoms with Crippen LogP contribution in [0.2, 0.25) is 0 Å². The van der Waals surface area contributed by atoms with Crippen molar-refractivity contribution < 1.29 is 4.79 Å². The molecular formula is C33H46N4O. The monoisotopic (exact) mass is 514 g/mol. The topological polar surface area (TPSA) is 38.8 Å². The van der Waals surface area contributed by atoms with Crippen LogP contribution in [-0.4, -0.2) is 85.0 Å². The molecule has 5 fully saturated rings. The van der Waals surface area contributed by atoms with Gasteiger partial charge in [-0.1, -0.05) is 67.6 Å². The molecule has 5 aliphatic rings. The summed E-state index contributed by atoms with van der Waals surface area (Å²) < 4.78 is 0. The number of hydrogen-bond acceptors (Lipinski definition) is 4. The number of piperazine rings is 1. The zero-order chi connectivity index (χ0) is 26.1. The van der Waals surface area contributed by atoms with Gasteiger partial charge < -0.3 is 10.2 Å². The lowest BCUT2D eigenvalue weighted by molar-refractivity contribution is -0.127. The molecule has 3 atom stereocenters. The van der Waals surface area contributed by atoms with Gasteiger partial charge in [-0.3, -0.25) is 14.6 Å². The van der Waals surface area contributed by atoms with E-state index in [1.165, 1.54) is 49.9 Å². The van der Waals surface area contributed by atoms with Gasteiger partial charge in [-0.25, -0.2) is 0 Å². The number of likely N-dealkylation sites (N-methyl/N-ethyl adjacent to an activating group) is 1. The normalized spacial score (nSPS) is 33.3. The number of piperidine rings is 1. The van der Waals surface area contributed by atoms with E-state index in [0.717, 1.165) is 38.5 Å². The Hall–Kier alpha value is -2.21. The summed E-state index contributed by atoms with van der Waals surface area (Å²) >= 11 is 0. The van der Waals surface area contributed by atoms with Gasteiger partial charge in [-0.2, -0.15) is 0 Å². The Morgan fingerprint density at radius 1 is 0.816 bits per heavy atom. The molecule has 2 aromatic rings. The minimum atomic E-state index is 0.141. The van der Waals surface area contributed by atoms with E-state index in [9.17, 15) is 4.79 Å². The van der Waals surface area contributed by atoms with Crippen molar-refractivity contribution in [2.24, 2.45) is 11.8 Å². The van der Waals surface area contributed by atoms with E-state index in [4.69, 9.17) is 0 Å². The van der Waals surface area contributed by atoms with Gasteiger partial charge in [0.2, 0.25) is 5.91 Å². The molecule has 204 valence electrons. The molecule has 5 heteroatoms. The molecule has 2 aliphatic heterocycles. The second-order valence-electron chi connectivity index (χ2n) is 12.9. The Bertz CT molecular complexity index is 1010. The van der Waals surface area contributed by atoms with E-state index < -0.39 is 0 Å². The van der Waals surface area contributed by atoms with E-state index in [1.54, 1.807) is 0 Å². The number of carbonyl (C=O) groups excluding carboxylic acids is 1. The fourth-order valence-corrected chi connectivity index (χ4v) is 8.29. The summed E-state index contributed by atoms with van der Waals surface area (Å²) in [7, 11) is 2.17.